The van der Waals surface area contributed by atoms with Crippen LogP contribution in [0.15, 0.2) is 53.7 Å². The van der Waals surface area contributed by atoms with Crippen LogP contribution in [0.4, 0.5) is 5.82 Å². The van der Waals surface area contributed by atoms with E-state index in [1.54, 1.807) is 11.8 Å². The predicted octanol–water partition coefficient (Wildman–Crippen LogP) is 4.39. The summed E-state index contributed by atoms with van der Waals surface area (Å²) in [6.07, 6.45) is 0. The highest BCUT2D eigenvalue weighted by Gasteiger charge is 2.17. The molecule has 0 aliphatic carbocycles. The molecule has 0 atom stereocenters. The number of benzene rings is 2. The van der Waals surface area contributed by atoms with E-state index < -0.39 is 0 Å². The van der Waals surface area contributed by atoms with Gasteiger partial charge in [-0.2, -0.15) is 0 Å². The van der Waals surface area contributed by atoms with Gasteiger partial charge in [-0.15, -0.1) is 0 Å². The summed E-state index contributed by atoms with van der Waals surface area (Å²) >= 11 is 1.74. The third-order valence-electron chi connectivity index (χ3n) is 4.71. The number of para-hydroxylation sites is 1. The van der Waals surface area contributed by atoms with Crippen molar-refractivity contribution >= 4 is 39.5 Å². The number of hydrogen-bond donors (Lipinski definition) is 1. The Balaban J connectivity index is 1.83. The van der Waals surface area contributed by atoms with Crippen molar-refractivity contribution in [2.45, 2.75) is 25.2 Å². The standard InChI is InChI=1S/C22H25N5S/c1-4-28-22-25-19-20(17-7-5-6-8-18(17)24-21(19)23)27(22)14-16-11-9-15(10-12-16)13-26(2)3/h5-12H,4,13-14H2,1-3H3,(H2,23,24). The largest absolute Gasteiger partial charge is 0.382 e. The molecule has 0 saturated heterocycles. The van der Waals surface area contributed by atoms with Crippen LogP contribution in [-0.2, 0) is 13.1 Å². The molecular formula is C22H25N5S. The number of pyridine rings is 1. The predicted molar refractivity (Wildman–Crippen MR) is 119 cm³/mol. The minimum Gasteiger partial charge on any atom is -0.382 e. The second-order valence-corrected chi connectivity index (χ2v) is 8.41. The zero-order chi connectivity index (χ0) is 19.7. The molecule has 4 aromatic rings. The summed E-state index contributed by atoms with van der Waals surface area (Å²) in [6, 6.07) is 17.0. The SMILES string of the molecule is CCSc1nc2c(N)nc3ccccc3c2n1Cc1ccc(CN(C)C)cc1. The van der Waals surface area contributed by atoms with E-state index in [0.29, 0.717) is 5.82 Å². The molecular weight excluding hydrogens is 366 g/mol. The van der Waals surface area contributed by atoms with Gasteiger partial charge < -0.3 is 15.2 Å². The number of nitrogen functional groups attached to an aromatic ring is 1. The lowest BCUT2D eigenvalue weighted by Crippen LogP contribution is -2.10. The van der Waals surface area contributed by atoms with Crippen molar-refractivity contribution in [2.75, 3.05) is 25.6 Å². The molecule has 144 valence electrons. The summed E-state index contributed by atoms with van der Waals surface area (Å²) in [7, 11) is 4.17. The van der Waals surface area contributed by atoms with Crippen molar-refractivity contribution in [1.82, 2.24) is 19.4 Å². The van der Waals surface area contributed by atoms with Crippen LogP contribution >= 0.6 is 11.8 Å². The van der Waals surface area contributed by atoms with Gasteiger partial charge >= 0.3 is 0 Å². The Labute approximate surface area is 169 Å². The summed E-state index contributed by atoms with van der Waals surface area (Å²) in [6.45, 7) is 3.84. The number of thioether (sulfide) groups is 1. The minimum atomic E-state index is 0.492. The van der Waals surface area contributed by atoms with Crippen molar-refractivity contribution in [3.63, 3.8) is 0 Å². The lowest BCUT2D eigenvalue weighted by molar-refractivity contribution is 0.402. The van der Waals surface area contributed by atoms with E-state index in [9.17, 15) is 0 Å². The van der Waals surface area contributed by atoms with Gasteiger partial charge in [0.05, 0.1) is 17.6 Å². The molecule has 0 saturated carbocycles. The maximum Gasteiger partial charge on any atom is 0.169 e. The number of nitrogens with zero attached hydrogens (tertiary/aromatic N) is 4. The first kappa shape index (κ1) is 18.8. The van der Waals surface area contributed by atoms with Crippen LogP contribution in [0.3, 0.4) is 0 Å². The van der Waals surface area contributed by atoms with E-state index in [1.165, 1.54) is 11.1 Å². The lowest BCUT2D eigenvalue weighted by Gasteiger charge is -2.12. The molecule has 0 unspecified atom stereocenters. The zero-order valence-corrected chi connectivity index (χ0v) is 17.3. The molecule has 4 rings (SSSR count). The van der Waals surface area contributed by atoms with Crippen LogP contribution in [0.2, 0.25) is 0 Å². The molecule has 0 bridgehead atoms. The van der Waals surface area contributed by atoms with E-state index in [0.717, 1.165) is 45.9 Å². The second-order valence-electron chi connectivity index (χ2n) is 7.18. The maximum absolute atomic E-state index is 6.26. The Morgan fingerprint density at radius 1 is 1.00 bits per heavy atom. The van der Waals surface area contributed by atoms with Crippen LogP contribution in [0.5, 0.6) is 0 Å². The summed E-state index contributed by atoms with van der Waals surface area (Å²) in [5, 5.41) is 2.08. The molecule has 2 N–H and O–H groups in total. The average Bonchev–Trinajstić information content (AvgIpc) is 3.02. The van der Waals surface area contributed by atoms with Crippen LogP contribution in [0, 0.1) is 0 Å². The highest BCUT2D eigenvalue weighted by atomic mass is 32.2. The van der Waals surface area contributed by atoms with Crippen molar-refractivity contribution in [3.05, 3.63) is 59.7 Å². The molecule has 0 aliphatic rings. The maximum atomic E-state index is 6.26. The molecule has 6 heteroatoms. The molecule has 0 amide bonds. The molecule has 2 aromatic heterocycles. The summed E-state index contributed by atoms with van der Waals surface area (Å²) < 4.78 is 2.28. The normalized spacial score (nSPS) is 11.7. The number of anilines is 1. The van der Waals surface area contributed by atoms with E-state index in [-0.39, 0.29) is 0 Å². The molecule has 28 heavy (non-hydrogen) atoms. The molecule has 2 heterocycles. The number of nitrogens with two attached hydrogens (primary N) is 1. The monoisotopic (exact) mass is 391 g/mol. The Bertz CT molecular complexity index is 1120. The van der Waals surface area contributed by atoms with Gasteiger partial charge in [0.15, 0.2) is 11.0 Å². The fraction of sp³-hybridized carbons (Fsp3) is 0.273. The molecule has 0 radical (unpaired) electrons. The number of fused-ring (bicyclic) bond motifs is 3. The van der Waals surface area contributed by atoms with Crippen molar-refractivity contribution in [2.24, 2.45) is 0 Å². The third kappa shape index (κ3) is 3.57. The summed E-state index contributed by atoms with van der Waals surface area (Å²) in [5.74, 6) is 1.45. The first-order valence-corrected chi connectivity index (χ1v) is 10.4. The van der Waals surface area contributed by atoms with Crippen molar-refractivity contribution < 1.29 is 0 Å². The smallest absolute Gasteiger partial charge is 0.169 e. The highest BCUT2D eigenvalue weighted by molar-refractivity contribution is 7.99. The van der Waals surface area contributed by atoms with E-state index in [1.807, 2.05) is 18.2 Å². The number of aromatic nitrogens is 3. The second kappa shape index (κ2) is 7.81. The summed E-state index contributed by atoms with van der Waals surface area (Å²) in [5.41, 5.74) is 11.6. The summed E-state index contributed by atoms with van der Waals surface area (Å²) in [4.78, 5) is 11.6. The van der Waals surface area contributed by atoms with Crippen molar-refractivity contribution in [3.8, 4) is 0 Å². The molecule has 5 nitrogen and oxygen atoms in total. The first-order valence-electron chi connectivity index (χ1n) is 9.46. The van der Waals surface area contributed by atoms with Gasteiger partial charge in [0, 0.05) is 11.9 Å². The topological polar surface area (TPSA) is 60.0 Å². The zero-order valence-electron chi connectivity index (χ0n) is 16.5. The minimum absolute atomic E-state index is 0.492. The van der Waals surface area contributed by atoms with Gasteiger partial charge in [-0.1, -0.05) is 61.2 Å². The number of imidazole rings is 1. The van der Waals surface area contributed by atoms with Gasteiger partial charge in [0.1, 0.15) is 5.52 Å². The van der Waals surface area contributed by atoms with Crippen LogP contribution < -0.4 is 5.73 Å². The lowest BCUT2D eigenvalue weighted by atomic mass is 10.1. The van der Waals surface area contributed by atoms with E-state index >= 15 is 0 Å². The van der Waals surface area contributed by atoms with E-state index in [2.05, 4.69) is 65.8 Å². The average molecular weight is 392 g/mol. The fourth-order valence-corrected chi connectivity index (χ4v) is 4.25. The Morgan fingerprint density at radius 2 is 1.71 bits per heavy atom. The fourth-order valence-electron chi connectivity index (χ4n) is 3.52. The Hall–Kier alpha value is -2.57. The van der Waals surface area contributed by atoms with Gasteiger partial charge in [0.2, 0.25) is 0 Å². The third-order valence-corrected chi connectivity index (χ3v) is 5.57. The van der Waals surface area contributed by atoms with Gasteiger partial charge in [-0.05, 0) is 37.0 Å². The van der Waals surface area contributed by atoms with E-state index in [4.69, 9.17) is 10.7 Å². The van der Waals surface area contributed by atoms with Crippen molar-refractivity contribution in [1.29, 1.82) is 0 Å². The highest BCUT2D eigenvalue weighted by Crippen LogP contribution is 2.32. The molecule has 0 spiro atoms. The first-order chi connectivity index (χ1) is 13.6. The molecule has 2 aromatic carbocycles. The Morgan fingerprint density at radius 3 is 2.43 bits per heavy atom. The number of hydrogen-bond acceptors (Lipinski definition) is 5. The van der Waals surface area contributed by atoms with Gasteiger partial charge in [0.25, 0.3) is 0 Å². The van der Waals surface area contributed by atoms with Crippen LogP contribution in [-0.4, -0.2) is 39.3 Å². The molecule has 0 fully saturated rings. The molecule has 0 aliphatic heterocycles. The Kier molecular flexibility index (Phi) is 5.24. The van der Waals surface area contributed by atoms with Crippen LogP contribution in [0.1, 0.15) is 18.1 Å². The van der Waals surface area contributed by atoms with Gasteiger partial charge in [-0.3, -0.25) is 0 Å². The van der Waals surface area contributed by atoms with Gasteiger partial charge in [-0.25, -0.2) is 9.97 Å². The quantitative estimate of drug-likeness (QED) is 0.494. The number of rotatable bonds is 6. The van der Waals surface area contributed by atoms with Crippen LogP contribution in [0.25, 0.3) is 21.9 Å².